The molecule has 1 aromatic carbocycles. The highest BCUT2D eigenvalue weighted by atomic mass is 19.3. The van der Waals surface area contributed by atoms with Crippen molar-refractivity contribution in [2.45, 2.75) is 6.43 Å². The molecule has 20 heavy (non-hydrogen) atoms. The Morgan fingerprint density at radius 2 is 1.95 bits per heavy atom. The zero-order valence-corrected chi connectivity index (χ0v) is 10.3. The molecule has 4 N–H and O–H groups in total. The summed E-state index contributed by atoms with van der Waals surface area (Å²) in [5.41, 5.74) is 13.4. The summed E-state index contributed by atoms with van der Waals surface area (Å²) < 4.78 is 30.8. The smallest absolute Gasteiger partial charge is 0.263 e. The number of nitrogens with two attached hydrogens (primary N) is 2. The van der Waals surface area contributed by atoms with E-state index in [0.717, 1.165) is 0 Å². The number of aromatic nitrogens is 1. The largest absolute Gasteiger partial charge is 0.437 e. The Morgan fingerprint density at radius 3 is 2.70 bits per heavy atom. The number of pyridine rings is 1. The van der Waals surface area contributed by atoms with Gasteiger partial charge in [0.05, 0.1) is 11.6 Å². The minimum atomic E-state index is -2.53. The zero-order chi connectivity index (χ0) is 14.3. The lowest BCUT2D eigenvalue weighted by molar-refractivity contribution is 0.151. The number of fused-ring (bicyclic) bond motifs is 1. The predicted octanol–water partition coefficient (Wildman–Crippen LogP) is 3.60. The molecule has 0 aliphatic heterocycles. The van der Waals surface area contributed by atoms with E-state index in [0.29, 0.717) is 27.8 Å². The molecule has 0 unspecified atom stereocenters. The number of nitrogen functional groups attached to an aromatic ring is 2. The maximum Gasteiger partial charge on any atom is 0.263 e. The second kappa shape index (κ2) is 4.48. The first-order chi connectivity index (χ1) is 9.58. The molecule has 0 amide bonds. The molecule has 6 heteroatoms. The summed E-state index contributed by atoms with van der Waals surface area (Å²) >= 11 is 0. The van der Waals surface area contributed by atoms with Crippen LogP contribution in [0.3, 0.4) is 0 Å². The number of hydrogen-bond donors (Lipinski definition) is 2. The van der Waals surface area contributed by atoms with Crippen LogP contribution in [0.15, 0.2) is 41.1 Å². The molecule has 0 radical (unpaired) electrons. The van der Waals surface area contributed by atoms with E-state index in [1.54, 1.807) is 18.3 Å². The summed E-state index contributed by atoms with van der Waals surface area (Å²) in [6.45, 7) is 0. The van der Waals surface area contributed by atoms with Crippen LogP contribution in [0.4, 0.5) is 20.4 Å². The van der Waals surface area contributed by atoms with Gasteiger partial charge in [0.1, 0.15) is 5.69 Å². The van der Waals surface area contributed by atoms with Crippen LogP contribution in [-0.2, 0) is 0 Å². The first kappa shape index (κ1) is 12.4. The summed E-state index contributed by atoms with van der Waals surface area (Å²) in [6, 6.07) is 6.05. The van der Waals surface area contributed by atoms with Gasteiger partial charge in [0.15, 0.2) is 5.58 Å². The van der Waals surface area contributed by atoms with E-state index < -0.39 is 6.43 Å². The van der Waals surface area contributed by atoms with Gasteiger partial charge >= 0.3 is 0 Å². The van der Waals surface area contributed by atoms with E-state index >= 15 is 0 Å². The molecule has 0 saturated heterocycles. The van der Waals surface area contributed by atoms with Crippen molar-refractivity contribution in [3.8, 4) is 11.1 Å². The summed E-state index contributed by atoms with van der Waals surface area (Å²) in [5.74, 6) is 0.0965. The Hall–Kier alpha value is -2.63. The number of rotatable bonds is 2. The molecule has 0 bridgehead atoms. The third kappa shape index (κ3) is 1.85. The lowest BCUT2D eigenvalue weighted by Gasteiger charge is -2.06. The van der Waals surface area contributed by atoms with Gasteiger partial charge in [0, 0.05) is 17.3 Å². The van der Waals surface area contributed by atoms with E-state index in [4.69, 9.17) is 15.9 Å². The van der Waals surface area contributed by atoms with E-state index in [2.05, 4.69) is 4.98 Å². The number of halogens is 2. The van der Waals surface area contributed by atoms with Gasteiger partial charge in [-0.05, 0) is 11.6 Å². The Kier molecular flexibility index (Phi) is 2.78. The van der Waals surface area contributed by atoms with Crippen LogP contribution in [0.25, 0.3) is 22.1 Å². The topological polar surface area (TPSA) is 78.1 Å². The molecule has 3 aromatic rings. The zero-order valence-electron chi connectivity index (χ0n) is 10.3. The average molecular weight is 275 g/mol. The quantitative estimate of drug-likeness (QED) is 0.749. The standard InChI is InChI=1S/C14H11F2N3O/c15-13(16)8-3-1-2-7(4-8)9-5-19-6-10-11(9)12(17)14(18)20-10/h1-6,13H,17-18H2. The van der Waals surface area contributed by atoms with Crippen molar-refractivity contribution in [1.82, 2.24) is 4.98 Å². The first-order valence-electron chi connectivity index (χ1n) is 5.88. The molecule has 2 heterocycles. The molecular weight excluding hydrogens is 264 g/mol. The number of furan rings is 1. The maximum atomic E-state index is 12.8. The van der Waals surface area contributed by atoms with Crippen LogP contribution in [0, 0.1) is 0 Å². The lowest BCUT2D eigenvalue weighted by Crippen LogP contribution is -1.91. The van der Waals surface area contributed by atoms with Gasteiger partial charge in [-0.15, -0.1) is 0 Å². The normalized spacial score (nSPS) is 11.3. The van der Waals surface area contributed by atoms with Crippen LogP contribution in [0.5, 0.6) is 0 Å². The highest BCUT2D eigenvalue weighted by molar-refractivity contribution is 6.04. The van der Waals surface area contributed by atoms with Gasteiger partial charge in [-0.2, -0.15) is 0 Å². The Balaban J connectivity index is 2.27. The Labute approximate surface area is 113 Å². The first-order valence-corrected chi connectivity index (χ1v) is 5.88. The third-order valence-corrected chi connectivity index (χ3v) is 3.12. The molecule has 3 rings (SSSR count). The van der Waals surface area contributed by atoms with Crippen molar-refractivity contribution in [1.29, 1.82) is 0 Å². The van der Waals surface area contributed by atoms with Crippen molar-refractivity contribution in [3.05, 3.63) is 42.2 Å². The van der Waals surface area contributed by atoms with Gasteiger partial charge in [0.2, 0.25) is 5.88 Å². The van der Waals surface area contributed by atoms with Crippen molar-refractivity contribution < 1.29 is 13.2 Å². The van der Waals surface area contributed by atoms with Crippen LogP contribution in [-0.4, -0.2) is 4.98 Å². The Bertz CT molecular complexity index is 783. The predicted molar refractivity (Wildman–Crippen MR) is 73.2 cm³/mol. The van der Waals surface area contributed by atoms with Gasteiger partial charge in [-0.25, -0.2) is 8.78 Å². The lowest BCUT2D eigenvalue weighted by atomic mass is 10.0. The molecular formula is C14H11F2N3O. The summed E-state index contributed by atoms with van der Waals surface area (Å²) in [5, 5.41) is 0.587. The molecule has 0 aliphatic carbocycles. The number of alkyl halides is 2. The monoisotopic (exact) mass is 275 g/mol. The summed E-state index contributed by atoms with van der Waals surface area (Å²) in [4.78, 5) is 4.03. The van der Waals surface area contributed by atoms with E-state index in [1.807, 2.05) is 0 Å². The fourth-order valence-corrected chi connectivity index (χ4v) is 2.15. The van der Waals surface area contributed by atoms with Crippen molar-refractivity contribution in [2.75, 3.05) is 11.5 Å². The van der Waals surface area contributed by atoms with Crippen LogP contribution in [0.2, 0.25) is 0 Å². The minimum absolute atomic E-state index is 0.0606. The number of benzene rings is 1. The molecule has 0 fully saturated rings. The molecule has 0 saturated carbocycles. The SMILES string of the molecule is Nc1oc2cncc(-c3cccc(C(F)F)c3)c2c1N. The van der Waals surface area contributed by atoms with Gasteiger partial charge < -0.3 is 15.9 Å². The third-order valence-electron chi connectivity index (χ3n) is 3.12. The van der Waals surface area contributed by atoms with E-state index in [-0.39, 0.29) is 11.4 Å². The van der Waals surface area contributed by atoms with Gasteiger partial charge in [-0.1, -0.05) is 18.2 Å². The number of hydrogen-bond acceptors (Lipinski definition) is 4. The molecule has 2 aromatic heterocycles. The fraction of sp³-hybridized carbons (Fsp3) is 0.0714. The second-order valence-corrected chi connectivity index (χ2v) is 4.37. The van der Waals surface area contributed by atoms with Crippen molar-refractivity contribution in [2.24, 2.45) is 0 Å². The van der Waals surface area contributed by atoms with Crippen molar-refractivity contribution >= 4 is 22.5 Å². The highest BCUT2D eigenvalue weighted by Crippen LogP contribution is 2.37. The number of anilines is 2. The van der Waals surface area contributed by atoms with Gasteiger partial charge in [-0.3, -0.25) is 4.98 Å². The summed E-state index contributed by atoms with van der Waals surface area (Å²) in [7, 11) is 0. The van der Waals surface area contributed by atoms with E-state index in [1.165, 1.54) is 18.3 Å². The van der Waals surface area contributed by atoms with E-state index in [9.17, 15) is 8.78 Å². The minimum Gasteiger partial charge on any atom is -0.437 e. The molecule has 4 nitrogen and oxygen atoms in total. The maximum absolute atomic E-state index is 12.8. The second-order valence-electron chi connectivity index (χ2n) is 4.37. The molecule has 0 aliphatic rings. The highest BCUT2D eigenvalue weighted by Gasteiger charge is 2.15. The molecule has 0 atom stereocenters. The van der Waals surface area contributed by atoms with Crippen LogP contribution >= 0.6 is 0 Å². The number of nitrogens with zero attached hydrogens (tertiary/aromatic N) is 1. The van der Waals surface area contributed by atoms with Gasteiger partial charge in [0.25, 0.3) is 6.43 Å². The average Bonchev–Trinajstić information content (AvgIpc) is 2.74. The molecule has 0 spiro atoms. The fourth-order valence-electron chi connectivity index (χ4n) is 2.15. The van der Waals surface area contributed by atoms with Crippen molar-refractivity contribution in [3.63, 3.8) is 0 Å². The Morgan fingerprint density at radius 1 is 1.15 bits per heavy atom. The summed E-state index contributed by atoms with van der Waals surface area (Å²) in [6.07, 6.45) is 0.509. The van der Waals surface area contributed by atoms with Crippen LogP contribution in [0.1, 0.15) is 12.0 Å². The molecule has 102 valence electrons. The van der Waals surface area contributed by atoms with Crippen LogP contribution < -0.4 is 11.5 Å².